The number of nitrogens with zero attached hydrogens (tertiary/aromatic N) is 2. The molecule has 0 aromatic carbocycles. The number of aromatic nitrogens is 2. The van der Waals surface area contributed by atoms with Crippen LogP contribution in [-0.4, -0.2) is 10.8 Å². The standard InChI is InChI=1S/C13H12N2O2/c1-10-4-2-6-12(15(10)17)8-13(16)11-5-3-7-14-9-11/h2-7,9H,8H2,1H3. The van der Waals surface area contributed by atoms with E-state index in [0.29, 0.717) is 17.0 Å². The van der Waals surface area contributed by atoms with Crippen LogP contribution in [0.15, 0.2) is 42.7 Å². The van der Waals surface area contributed by atoms with Gasteiger partial charge in [-0.3, -0.25) is 9.78 Å². The van der Waals surface area contributed by atoms with E-state index >= 15 is 0 Å². The lowest BCUT2D eigenvalue weighted by molar-refractivity contribution is -0.620. The van der Waals surface area contributed by atoms with E-state index in [1.807, 2.05) is 0 Å². The monoisotopic (exact) mass is 228 g/mol. The van der Waals surface area contributed by atoms with E-state index in [9.17, 15) is 10.0 Å². The van der Waals surface area contributed by atoms with Gasteiger partial charge in [0.25, 0.3) is 0 Å². The summed E-state index contributed by atoms with van der Waals surface area (Å²) in [5, 5.41) is 11.7. The number of rotatable bonds is 3. The Morgan fingerprint density at radius 3 is 2.88 bits per heavy atom. The summed E-state index contributed by atoms with van der Waals surface area (Å²) < 4.78 is 0.786. The van der Waals surface area contributed by atoms with Crippen molar-refractivity contribution in [3.05, 3.63) is 64.9 Å². The largest absolute Gasteiger partial charge is 0.618 e. The van der Waals surface area contributed by atoms with Crippen molar-refractivity contribution in [2.45, 2.75) is 13.3 Å². The van der Waals surface area contributed by atoms with E-state index in [1.165, 1.54) is 6.20 Å². The third-order valence-corrected chi connectivity index (χ3v) is 2.53. The van der Waals surface area contributed by atoms with E-state index in [4.69, 9.17) is 0 Å². The zero-order valence-electron chi connectivity index (χ0n) is 9.46. The Labute approximate surface area is 99.1 Å². The second-order valence-corrected chi connectivity index (χ2v) is 3.79. The van der Waals surface area contributed by atoms with Crippen LogP contribution in [0.1, 0.15) is 21.7 Å². The van der Waals surface area contributed by atoms with Crippen LogP contribution in [0.25, 0.3) is 0 Å². The number of pyridine rings is 2. The molecule has 0 aliphatic rings. The number of carbonyl (C=O) groups excluding carboxylic acids is 1. The van der Waals surface area contributed by atoms with E-state index in [2.05, 4.69) is 4.98 Å². The summed E-state index contributed by atoms with van der Waals surface area (Å²) in [4.78, 5) is 15.8. The molecule has 0 atom stereocenters. The molecule has 2 aromatic rings. The maximum absolute atomic E-state index is 11.9. The summed E-state index contributed by atoms with van der Waals surface area (Å²) in [6.45, 7) is 1.71. The van der Waals surface area contributed by atoms with Gasteiger partial charge in [-0.25, -0.2) is 0 Å². The summed E-state index contributed by atoms with van der Waals surface area (Å²) in [5.74, 6) is -0.103. The molecule has 0 fully saturated rings. The molecule has 17 heavy (non-hydrogen) atoms. The highest BCUT2D eigenvalue weighted by Crippen LogP contribution is 2.04. The Hall–Kier alpha value is -2.23. The van der Waals surface area contributed by atoms with Crippen LogP contribution in [0.3, 0.4) is 0 Å². The fraction of sp³-hybridized carbons (Fsp3) is 0.154. The summed E-state index contributed by atoms with van der Waals surface area (Å²) in [6, 6.07) is 8.55. The molecule has 0 amide bonds. The summed E-state index contributed by atoms with van der Waals surface area (Å²) in [5.41, 5.74) is 1.56. The molecule has 0 aliphatic carbocycles. The molecule has 4 nitrogen and oxygen atoms in total. The van der Waals surface area contributed by atoms with Gasteiger partial charge in [0.2, 0.25) is 5.69 Å². The van der Waals surface area contributed by atoms with Crippen molar-refractivity contribution in [1.29, 1.82) is 0 Å². The number of ketones is 1. The number of carbonyl (C=O) groups is 1. The van der Waals surface area contributed by atoms with Crippen LogP contribution in [0.5, 0.6) is 0 Å². The van der Waals surface area contributed by atoms with Crippen LogP contribution < -0.4 is 4.73 Å². The SMILES string of the molecule is Cc1cccc(CC(=O)c2cccnc2)[n+]1[O-]. The highest BCUT2D eigenvalue weighted by molar-refractivity contribution is 5.96. The molecule has 0 radical (unpaired) electrons. The summed E-state index contributed by atoms with van der Waals surface area (Å²) >= 11 is 0. The van der Waals surface area contributed by atoms with Crippen LogP contribution in [0.2, 0.25) is 0 Å². The van der Waals surface area contributed by atoms with Crippen molar-refractivity contribution in [2.24, 2.45) is 0 Å². The second kappa shape index (κ2) is 4.74. The summed E-state index contributed by atoms with van der Waals surface area (Å²) in [7, 11) is 0. The minimum atomic E-state index is -0.103. The fourth-order valence-corrected chi connectivity index (χ4v) is 1.59. The molecule has 2 rings (SSSR count). The van der Waals surface area contributed by atoms with Gasteiger partial charge in [0.1, 0.15) is 0 Å². The molecule has 0 saturated carbocycles. The van der Waals surface area contributed by atoms with Crippen LogP contribution >= 0.6 is 0 Å². The molecule has 0 unspecified atom stereocenters. The predicted molar refractivity (Wildman–Crippen MR) is 62.4 cm³/mol. The number of hydrogen-bond donors (Lipinski definition) is 0. The minimum Gasteiger partial charge on any atom is -0.618 e. The second-order valence-electron chi connectivity index (χ2n) is 3.79. The van der Waals surface area contributed by atoms with Crippen molar-refractivity contribution >= 4 is 5.78 Å². The van der Waals surface area contributed by atoms with Crippen LogP contribution in [0.4, 0.5) is 0 Å². The first kappa shape index (κ1) is 11.3. The Balaban J connectivity index is 2.22. The summed E-state index contributed by atoms with van der Waals surface area (Å²) in [6.07, 6.45) is 3.21. The van der Waals surface area contributed by atoms with E-state index < -0.39 is 0 Å². The van der Waals surface area contributed by atoms with Crippen LogP contribution in [-0.2, 0) is 6.42 Å². The maximum atomic E-state index is 11.9. The Morgan fingerprint density at radius 1 is 1.35 bits per heavy atom. The molecule has 0 spiro atoms. The molecule has 0 saturated heterocycles. The molecule has 0 N–H and O–H groups in total. The first-order valence-corrected chi connectivity index (χ1v) is 5.30. The molecular weight excluding hydrogens is 216 g/mol. The highest BCUT2D eigenvalue weighted by atomic mass is 16.5. The van der Waals surface area contributed by atoms with Crippen molar-refractivity contribution in [3.8, 4) is 0 Å². The molecule has 0 aliphatic heterocycles. The molecular formula is C13H12N2O2. The van der Waals surface area contributed by atoms with Gasteiger partial charge in [-0.1, -0.05) is 0 Å². The predicted octanol–water partition coefficient (Wildman–Crippen LogP) is 1.45. The fourth-order valence-electron chi connectivity index (χ4n) is 1.59. The third kappa shape index (κ3) is 2.47. The lowest BCUT2D eigenvalue weighted by Crippen LogP contribution is -2.36. The zero-order valence-corrected chi connectivity index (χ0v) is 9.46. The number of aryl methyl sites for hydroxylation is 1. The van der Waals surface area contributed by atoms with Gasteiger partial charge in [-0.15, -0.1) is 0 Å². The first-order valence-electron chi connectivity index (χ1n) is 5.30. The lowest BCUT2D eigenvalue weighted by atomic mass is 10.1. The molecule has 0 bridgehead atoms. The van der Waals surface area contributed by atoms with Crippen LogP contribution in [0, 0.1) is 12.1 Å². The van der Waals surface area contributed by atoms with Gasteiger partial charge in [0.05, 0.1) is 6.42 Å². The Bertz CT molecular complexity index is 538. The minimum absolute atomic E-state index is 0.0941. The van der Waals surface area contributed by atoms with E-state index in [0.717, 1.165) is 4.73 Å². The average molecular weight is 228 g/mol. The molecule has 2 heterocycles. The molecule has 4 heteroatoms. The van der Waals surface area contributed by atoms with Crippen molar-refractivity contribution < 1.29 is 9.52 Å². The zero-order chi connectivity index (χ0) is 12.3. The van der Waals surface area contributed by atoms with Gasteiger partial charge in [0, 0.05) is 37.0 Å². The van der Waals surface area contributed by atoms with Gasteiger partial charge in [-0.05, 0) is 18.2 Å². The normalized spacial score (nSPS) is 10.2. The van der Waals surface area contributed by atoms with Crippen molar-refractivity contribution in [1.82, 2.24) is 4.98 Å². The quantitative estimate of drug-likeness (QED) is 0.454. The topological polar surface area (TPSA) is 56.9 Å². The van der Waals surface area contributed by atoms with Crippen molar-refractivity contribution in [2.75, 3.05) is 0 Å². The maximum Gasteiger partial charge on any atom is 0.200 e. The first-order chi connectivity index (χ1) is 8.18. The smallest absolute Gasteiger partial charge is 0.200 e. The van der Waals surface area contributed by atoms with Gasteiger partial charge < -0.3 is 5.21 Å². The number of Topliss-reactive ketones (excluding diaryl/α,β-unsaturated/α-hetero) is 1. The van der Waals surface area contributed by atoms with Gasteiger partial charge in [-0.2, -0.15) is 4.73 Å². The molecule has 86 valence electrons. The third-order valence-electron chi connectivity index (χ3n) is 2.53. The lowest BCUT2D eigenvalue weighted by Gasteiger charge is -2.06. The van der Waals surface area contributed by atoms with Gasteiger partial charge >= 0.3 is 0 Å². The Kier molecular flexibility index (Phi) is 3.14. The van der Waals surface area contributed by atoms with Crippen molar-refractivity contribution in [3.63, 3.8) is 0 Å². The van der Waals surface area contributed by atoms with E-state index in [-0.39, 0.29) is 12.2 Å². The Morgan fingerprint density at radius 2 is 2.18 bits per heavy atom. The number of hydrogen-bond acceptors (Lipinski definition) is 3. The van der Waals surface area contributed by atoms with Gasteiger partial charge in [0.15, 0.2) is 11.5 Å². The molecule has 2 aromatic heterocycles. The highest BCUT2D eigenvalue weighted by Gasteiger charge is 2.14. The average Bonchev–Trinajstić information content (AvgIpc) is 2.36. The van der Waals surface area contributed by atoms with E-state index in [1.54, 1.807) is 43.5 Å².